The third-order valence-electron chi connectivity index (χ3n) is 3.19. The molecule has 0 aromatic carbocycles. The Bertz CT molecular complexity index is 211. The highest BCUT2D eigenvalue weighted by molar-refractivity contribution is 5.81. The minimum absolute atomic E-state index is 0.397. The SMILES string of the molecule is C[N+]1(C)CCN(C(=O)C2CC2)CC1. The predicted octanol–water partition coefficient (Wildman–Crippen LogP) is 0.315. The van der Waals surface area contributed by atoms with Crippen LogP contribution in [0.1, 0.15) is 12.8 Å². The van der Waals surface area contributed by atoms with Crippen molar-refractivity contribution in [1.29, 1.82) is 0 Å². The molecule has 0 N–H and O–H groups in total. The second-order valence-corrected chi connectivity index (χ2v) is 4.98. The Morgan fingerprint density at radius 2 is 1.77 bits per heavy atom. The van der Waals surface area contributed by atoms with Gasteiger partial charge in [-0.3, -0.25) is 4.79 Å². The molecule has 0 atom stereocenters. The molecular weight excluding hydrogens is 164 g/mol. The van der Waals surface area contributed by atoms with E-state index >= 15 is 0 Å². The standard InChI is InChI=1S/C10H19N2O/c1-12(2)7-5-11(6-8-12)10(13)9-3-4-9/h9H,3-8H2,1-2H3/q+1. The molecule has 74 valence electrons. The Labute approximate surface area is 79.9 Å². The summed E-state index contributed by atoms with van der Waals surface area (Å²) < 4.78 is 1.06. The van der Waals surface area contributed by atoms with Crippen molar-refractivity contribution in [2.24, 2.45) is 5.92 Å². The first-order valence-corrected chi connectivity index (χ1v) is 5.19. The molecule has 0 spiro atoms. The van der Waals surface area contributed by atoms with Gasteiger partial charge >= 0.3 is 0 Å². The van der Waals surface area contributed by atoms with Gasteiger partial charge in [-0.1, -0.05) is 0 Å². The summed E-state index contributed by atoms with van der Waals surface area (Å²) in [5.41, 5.74) is 0. The van der Waals surface area contributed by atoms with Crippen molar-refractivity contribution in [3.05, 3.63) is 0 Å². The van der Waals surface area contributed by atoms with Gasteiger partial charge in [0.1, 0.15) is 0 Å². The maximum absolute atomic E-state index is 11.7. The van der Waals surface area contributed by atoms with Crippen LogP contribution in [0.3, 0.4) is 0 Å². The third-order valence-corrected chi connectivity index (χ3v) is 3.19. The molecule has 0 aromatic rings. The van der Waals surface area contributed by atoms with E-state index in [2.05, 4.69) is 19.0 Å². The molecule has 1 aliphatic carbocycles. The van der Waals surface area contributed by atoms with Crippen molar-refractivity contribution in [1.82, 2.24) is 4.90 Å². The number of hydrogen-bond donors (Lipinski definition) is 0. The lowest BCUT2D eigenvalue weighted by Gasteiger charge is -2.39. The maximum atomic E-state index is 11.7. The summed E-state index contributed by atoms with van der Waals surface area (Å²) in [5, 5.41) is 0. The van der Waals surface area contributed by atoms with Gasteiger partial charge in [0.2, 0.25) is 5.91 Å². The Balaban J connectivity index is 1.86. The minimum Gasteiger partial charge on any atom is -0.331 e. The fourth-order valence-corrected chi connectivity index (χ4v) is 1.82. The lowest BCUT2D eigenvalue weighted by atomic mass is 10.2. The molecule has 1 heterocycles. The van der Waals surface area contributed by atoms with Gasteiger partial charge in [0.25, 0.3) is 0 Å². The monoisotopic (exact) mass is 183 g/mol. The Morgan fingerprint density at radius 3 is 2.23 bits per heavy atom. The minimum atomic E-state index is 0.397. The highest BCUT2D eigenvalue weighted by Gasteiger charge is 2.36. The number of carbonyl (C=O) groups excluding carboxylic acids is 1. The summed E-state index contributed by atoms with van der Waals surface area (Å²) in [4.78, 5) is 13.7. The molecule has 0 aromatic heterocycles. The van der Waals surface area contributed by atoms with Crippen LogP contribution in [0.25, 0.3) is 0 Å². The highest BCUT2D eigenvalue weighted by atomic mass is 16.2. The number of quaternary nitrogens is 1. The number of piperazine rings is 1. The van der Waals surface area contributed by atoms with Gasteiger partial charge in [0, 0.05) is 5.92 Å². The number of hydrogen-bond acceptors (Lipinski definition) is 1. The topological polar surface area (TPSA) is 20.3 Å². The van der Waals surface area contributed by atoms with Crippen LogP contribution in [-0.2, 0) is 4.79 Å². The molecule has 0 bridgehead atoms. The predicted molar refractivity (Wildman–Crippen MR) is 51.1 cm³/mol. The van der Waals surface area contributed by atoms with Crippen LogP contribution < -0.4 is 0 Å². The van der Waals surface area contributed by atoms with Gasteiger partial charge in [0.15, 0.2) is 0 Å². The molecular formula is C10H19N2O+. The van der Waals surface area contributed by atoms with E-state index in [4.69, 9.17) is 0 Å². The lowest BCUT2D eigenvalue weighted by molar-refractivity contribution is -0.894. The first kappa shape index (κ1) is 9.00. The summed E-state index contributed by atoms with van der Waals surface area (Å²) in [6.07, 6.45) is 2.27. The van der Waals surface area contributed by atoms with Crippen molar-refractivity contribution in [3.8, 4) is 0 Å². The quantitative estimate of drug-likeness (QED) is 0.536. The summed E-state index contributed by atoms with van der Waals surface area (Å²) in [6.45, 7) is 4.14. The second kappa shape index (κ2) is 2.98. The largest absolute Gasteiger partial charge is 0.331 e. The molecule has 1 saturated heterocycles. The molecule has 3 nitrogen and oxygen atoms in total. The van der Waals surface area contributed by atoms with E-state index in [1.54, 1.807) is 0 Å². The van der Waals surface area contributed by atoms with Crippen molar-refractivity contribution in [2.75, 3.05) is 40.3 Å². The molecule has 3 heteroatoms. The van der Waals surface area contributed by atoms with Gasteiger partial charge in [-0.15, -0.1) is 0 Å². The molecule has 2 aliphatic rings. The zero-order chi connectivity index (χ0) is 9.47. The summed E-state index contributed by atoms with van der Waals surface area (Å²) in [6, 6.07) is 0. The van der Waals surface area contributed by atoms with Crippen LogP contribution in [0.4, 0.5) is 0 Å². The zero-order valence-electron chi connectivity index (χ0n) is 8.62. The Kier molecular flexibility index (Phi) is 2.06. The molecule has 13 heavy (non-hydrogen) atoms. The van der Waals surface area contributed by atoms with Crippen LogP contribution in [0.2, 0.25) is 0 Å². The van der Waals surface area contributed by atoms with Crippen LogP contribution >= 0.6 is 0 Å². The van der Waals surface area contributed by atoms with Gasteiger partial charge in [-0.05, 0) is 12.8 Å². The molecule has 2 fully saturated rings. The van der Waals surface area contributed by atoms with Gasteiger partial charge in [-0.2, -0.15) is 0 Å². The van der Waals surface area contributed by atoms with E-state index < -0.39 is 0 Å². The van der Waals surface area contributed by atoms with E-state index in [1.165, 1.54) is 0 Å². The Morgan fingerprint density at radius 1 is 1.23 bits per heavy atom. The first-order chi connectivity index (χ1) is 6.08. The normalized spacial score (nSPS) is 27.4. The summed E-state index contributed by atoms with van der Waals surface area (Å²) in [5.74, 6) is 0.813. The number of likely N-dealkylation sites (N-methyl/N-ethyl adjacent to an activating group) is 1. The average molecular weight is 183 g/mol. The average Bonchev–Trinajstić information content (AvgIpc) is 2.85. The van der Waals surface area contributed by atoms with Crippen molar-refractivity contribution in [2.45, 2.75) is 12.8 Å². The van der Waals surface area contributed by atoms with Crippen molar-refractivity contribution < 1.29 is 9.28 Å². The van der Waals surface area contributed by atoms with Crippen molar-refractivity contribution in [3.63, 3.8) is 0 Å². The lowest BCUT2D eigenvalue weighted by Crippen LogP contribution is -2.56. The first-order valence-electron chi connectivity index (χ1n) is 5.19. The van der Waals surface area contributed by atoms with E-state index in [0.29, 0.717) is 11.8 Å². The molecule has 0 unspecified atom stereocenters. The van der Waals surface area contributed by atoms with E-state index in [9.17, 15) is 4.79 Å². The highest BCUT2D eigenvalue weighted by Crippen LogP contribution is 2.31. The van der Waals surface area contributed by atoms with Crippen LogP contribution in [0.15, 0.2) is 0 Å². The molecule has 1 aliphatic heterocycles. The van der Waals surface area contributed by atoms with Gasteiger partial charge in [0.05, 0.1) is 40.3 Å². The van der Waals surface area contributed by atoms with Gasteiger partial charge in [-0.25, -0.2) is 0 Å². The maximum Gasteiger partial charge on any atom is 0.226 e. The Hall–Kier alpha value is -0.570. The number of nitrogens with zero attached hydrogens (tertiary/aromatic N) is 2. The van der Waals surface area contributed by atoms with Crippen LogP contribution in [0.5, 0.6) is 0 Å². The fraction of sp³-hybridized carbons (Fsp3) is 0.900. The number of carbonyl (C=O) groups is 1. The van der Waals surface area contributed by atoms with Crippen LogP contribution in [0, 0.1) is 5.92 Å². The number of rotatable bonds is 1. The molecule has 0 radical (unpaired) electrons. The van der Waals surface area contributed by atoms with Crippen LogP contribution in [-0.4, -0.2) is 55.6 Å². The molecule has 1 amide bonds. The molecule has 2 rings (SSSR count). The number of amides is 1. The fourth-order valence-electron chi connectivity index (χ4n) is 1.82. The summed E-state index contributed by atoms with van der Waals surface area (Å²) >= 11 is 0. The van der Waals surface area contributed by atoms with Crippen molar-refractivity contribution >= 4 is 5.91 Å². The van der Waals surface area contributed by atoms with Gasteiger partial charge < -0.3 is 9.38 Å². The van der Waals surface area contributed by atoms with E-state index in [1.807, 2.05) is 0 Å². The third kappa shape index (κ3) is 2.02. The van der Waals surface area contributed by atoms with E-state index in [0.717, 1.165) is 43.5 Å². The summed E-state index contributed by atoms with van der Waals surface area (Å²) in [7, 11) is 4.47. The smallest absolute Gasteiger partial charge is 0.226 e. The second-order valence-electron chi connectivity index (χ2n) is 4.98. The zero-order valence-corrected chi connectivity index (χ0v) is 8.62. The van der Waals surface area contributed by atoms with E-state index in [-0.39, 0.29) is 0 Å². The molecule has 1 saturated carbocycles.